The molecular formula is C26H35N3O4. The lowest BCUT2D eigenvalue weighted by atomic mass is 9.61. The Morgan fingerprint density at radius 3 is 2.61 bits per heavy atom. The molecule has 5 rings (SSSR count). The van der Waals surface area contributed by atoms with E-state index in [-0.39, 0.29) is 48.4 Å². The highest BCUT2D eigenvalue weighted by atomic mass is 16.5. The fourth-order valence-corrected chi connectivity index (χ4v) is 6.29. The van der Waals surface area contributed by atoms with Crippen molar-refractivity contribution in [3.63, 3.8) is 0 Å². The van der Waals surface area contributed by atoms with Crippen molar-refractivity contribution >= 4 is 17.8 Å². The first-order chi connectivity index (χ1) is 15.8. The average Bonchev–Trinajstić information content (AvgIpc) is 3.55. The van der Waals surface area contributed by atoms with E-state index in [1.54, 1.807) is 7.11 Å². The van der Waals surface area contributed by atoms with Crippen molar-refractivity contribution in [2.75, 3.05) is 13.7 Å². The van der Waals surface area contributed by atoms with Gasteiger partial charge in [0.25, 0.3) is 5.91 Å². The summed E-state index contributed by atoms with van der Waals surface area (Å²) >= 11 is 0. The minimum absolute atomic E-state index is 0.0834. The van der Waals surface area contributed by atoms with Crippen LogP contribution in [-0.2, 0) is 31.0 Å². The topological polar surface area (TPSA) is 94.2 Å². The third-order valence-electron chi connectivity index (χ3n) is 8.11. The molecule has 1 unspecified atom stereocenters. The molecule has 33 heavy (non-hydrogen) atoms. The molecule has 7 nitrogen and oxygen atoms in total. The van der Waals surface area contributed by atoms with Crippen molar-refractivity contribution < 1.29 is 19.1 Å². The first-order valence-corrected chi connectivity index (χ1v) is 12.3. The van der Waals surface area contributed by atoms with Crippen LogP contribution in [0, 0.1) is 5.41 Å². The van der Waals surface area contributed by atoms with Crippen LogP contribution in [0.25, 0.3) is 0 Å². The predicted molar refractivity (Wildman–Crippen MR) is 125 cm³/mol. The molecule has 3 aliphatic carbocycles. The molecule has 0 bridgehead atoms. The van der Waals surface area contributed by atoms with Crippen LogP contribution in [0.3, 0.4) is 0 Å². The van der Waals surface area contributed by atoms with Gasteiger partial charge in [0.2, 0.25) is 0 Å². The molecule has 1 aromatic carbocycles. The third-order valence-corrected chi connectivity index (χ3v) is 8.11. The molecular weight excluding hydrogens is 418 g/mol. The Hall–Kier alpha value is -2.41. The van der Waals surface area contributed by atoms with Crippen LogP contribution < -0.4 is 5.73 Å². The molecule has 2 spiro atoms. The van der Waals surface area contributed by atoms with Crippen LogP contribution in [0.4, 0.5) is 0 Å². The molecule has 2 fully saturated rings. The monoisotopic (exact) mass is 453 g/mol. The third kappa shape index (κ3) is 3.56. The molecule has 1 heterocycles. The number of nitrogens with two attached hydrogens (primary N) is 1. The molecule has 1 aliphatic heterocycles. The summed E-state index contributed by atoms with van der Waals surface area (Å²) < 4.78 is 10.9. The fourth-order valence-electron chi connectivity index (χ4n) is 6.29. The number of esters is 1. The summed E-state index contributed by atoms with van der Waals surface area (Å²) in [6, 6.07) is 6.68. The van der Waals surface area contributed by atoms with Crippen LogP contribution >= 0.6 is 0 Å². The molecule has 1 aromatic rings. The second-order valence-electron chi connectivity index (χ2n) is 10.5. The van der Waals surface area contributed by atoms with E-state index in [9.17, 15) is 9.59 Å². The minimum Gasteiger partial charge on any atom is -0.463 e. The van der Waals surface area contributed by atoms with Crippen molar-refractivity contribution in [1.29, 1.82) is 0 Å². The second-order valence-corrected chi connectivity index (χ2v) is 10.5. The lowest BCUT2D eigenvalue weighted by Crippen LogP contribution is -2.52. The summed E-state index contributed by atoms with van der Waals surface area (Å²) in [5.41, 5.74) is 8.64. The summed E-state index contributed by atoms with van der Waals surface area (Å²) in [6.45, 7) is 3.82. The van der Waals surface area contributed by atoms with Crippen LogP contribution in [0.5, 0.6) is 0 Å². The van der Waals surface area contributed by atoms with Gasteiger partial charge in [-0.2, -0.15) is 0 Å². The summed E-state index contributed by atoms with van der Waals surface area (Å²) in [6.07, 6.45) is 6.92. The number of nitrogens with zero attached hydrogens (tertiary/aromatic N) is 2. The number of fused-ring (bicyclic) bond motifs is 3. The van der Waals surface area contributed by atoms with Crippen molar-refractivity contribution in [3.05, 3.63) is 34.9 Å². The molecule has 0 radical (unpaired) electrons. The van der Waals surface area contributed by atoms with Crippen molar-refractivity contribution in [2.45, 2.75) is 88.9 Å². The number of hydrogen-bond acceptors (Lipinski definition) is 6. The zero-order valence-corrected chi connectivity index (χ0v) is 19.9. The number of carbonyl (C=O) groups is 2. The fraction of sp³-hybridized carbons (Fsp3) is 0.654. The number of methoxy groups -OCH3 is 1. The number of hydrogen-bond donors (Lipinski definition) is 1. The summed E-state index contributed by atoms with van der Waals surface area (Å²) in [5, 5.41) is 0. The van der Waals surface area contributed by atoms with E-state index >= 15 is 0 Å². The van der Waals surface area contributed by atoms with Crippen molar-refractivity contribution in [2.24, 2.45) is 16.1 Å². The summed E-state index contributed by atoms with van der Waals surface area (Å²) in [7, 11) is 1.76. The van der Waals surface area contributed by atoms with E-state index in [2.05, 4.69) is 18.2 Å². The van der Waals surface area contributed by atoms with Crippen LogP contribution in [0.15, 0.2) is 23.2 Å². The Morgan fingerprint density at radius 1 is 1.24 bits per heavy atom. The molecule has 2 N–H and O–H groups in total. The quantitative estimate of drug-likeness (QED) is 0.667. The van der Waals surface area contributed by atoms with E-state index in [1.165, 1.54) is 28.9 Å². The molecule has 0 aromatic heterocycles. The van der Waals surface area contributed by atoms with Gasteiger partial charge in [-0.1, -0.05) is 18.2 Å². The van der Waals surface area contributed by atoms with Gasteiger partial charge >= 0.3 is 5.97 Å². The number of aliphatic imine (C=N–C) groups is 1. The first-order valence-electron chi connectivity index (χ1n) is 12.3. The van der Waals surface area contributed by atoms with Gasteiger partial charge in [0.15, 0.2) is 11.5 Å². The normalized spacial score (nSPS) is 30.9. The number of ether oxygens (including phenoxy) is 2. The Labute approximate surface area is 195 Å². The Bertz CT molecular complexity index is 991. The second kappa shape index (κ2) is 8.12. The number of guanidine groups is 1. The van der Waals surface area contributed by atoms with Gasteiger partial charge in [-0.15, -0.1) is 0 Å². The molecule has 0 saturated heterocycles. The van der Waals surface area contributed by atoms with Gasteiger partial charge in [0.05, 0.1) is 18.6 Å². The van der Waals surface area contributed by atoms with Gasteiger partial charge in [0.1, 0.15) is 0 Å². The highest BCUT2D eigenvalue weighted by Crippen LogP contribution is 2.62. The highest BCUT2D eigenvalue weighted by Gasteiger charge is 2.66. The summed E-state index contributed by atoms with van der Waals surface area (Å²) in [5.74, 6) is 0.396. The maximum absolute atomic E-state index is 14.2. The number of carbonyl (C=O) groups excluding carboxylic acids is 2. The van der Waals surface area contributed by atoms with Crippen LogP contribution in [0.1, 0.15) is 81.4 Å². The number of rotatable bonds is 6. The smallest absolute Gasteiger partial charge is 0.307 e. The van der Waals surface area contributed by atoms with Gasteiger partial charge in [-0.25, -0.2) is 4.99 Å². The Balaban J connectivity index is 1.51. The van der Waals surface area contributed by atoms with Crippen LogP contribution in [-0.4, -0.2) is 48.6 Å². The maximum Gasteiger partial charge on any atom is 0.307 e. The lowest BCUT2D eigenvalue weighted by molar-refractivity contribution is -0.148. The van der Waals surface area contributed by atoms with E-state index < -0.39 is 5.54 Å². The molecule has 1 atom stereocenters. The molecule has 1 amide bonds. The predicted octanol–water partition coefficient (Wildman–Crippen LogP) is 3.39. The summed E-state index contributed by atoms with van der Waals surface area (Å²) in [4.78, 5) is 32.9. The molecule has 4 aliphatic rings. The van der Waals surface area contributed by atoms with E-state index in [0.717, 1.165) is 37.7 Å². The first kappa shape index (κ1) is 22.4. The zero-order chi connectivity index (χ0) is 23.4. The van der Waals surface area contributed by atoms with Crippen molar-refractivity contribution in [3.8, 4) is 0 Å². The number of amides is 1. The van der Waals surface area contributed by atoms with Crippen molar-refractivity contribution in [1.82, 2.24) is 4.90 Å². The molecule has 7 heteroatoms. The molecule has 2 saturated carbocycles. The highest BCUT2D eigenvalue weighted by molar-refractivity contribution is 6.08. The van der Waals surface area contributed by atoms with Gasteiger partial charge in [-0.05, 0) is 81.4 Å². The van der Waals surface area contributed by atoms with Gasteiger partial charge in [-0.3, -0.25) is 14.5 Å². The van der Waals surface area contributed by atoms with E-state index in [0.29, 0.717) is 5.92 Å². The van der Waals surface area contributed by atoms with Crippen LogP contribution in [0.2, 0.25) is 0 Å². The maximum atomic E-state index is 14.2. The van der Waals surface area contributed by atoms with E-state index in [4.69, 9.17) is 20.2 Å². The van der Waals surface area contributed by atoms with E-state index in [1.807, 2.05) is 13.8 Å². The molecule has 178 valence electrons. The number of benzene rings is 1. The zero-order valence-electron chi connectivity index (χ0n) is 19.9. The van der Waals surface area contributed by atoms with Gasteiger partial charge in [0, 0.05) is 19.1 Å². The lowest BCUT2D eigenvalue weighted by Gasteiger charge is -2.45. The Kier molecular flexibility index (Phi) is 5.51. The van der Waals surface area contributed by atoms with Gasteiger partial charge < -0.3 is 15.2 Å². The largest absolute Gasteiger partial charge is 0.463 e. The Morgan fingerprint density at radius 2 is 1.97 bits per heavy atom. The minimum atomic E-state index is -1.00. The standard InChI is InChI=1S/C26H35N3O4/c1-16(2)33-22(30)10-13-29-23(31)26(28-24(29)27)21-14-18(17-4-5-17)6-7-19(21)15-25(26)11-8-20(32-3)9-12-25/h6-7,14,16-17,20H,4-5,8-13,15H2,1-3H3,(H2,27,28). The SMILES string of the molecule is COC1CCC2(CC1)Cc1ccc(C3CC3)cc1C21N=C(N)N(CCC(=O)OC(C)C)C1=O. The average molecular weight is 454 g/mol.